The number of hydrogen-bond donors (Lipinski definition) is 1. The van der Waals surface area contributed by atoms with E-state index in [1.165, 1.54) is 18.1 Å². The summed E-state index contributed by atoms with van der Waals surface area (Å²) in [7, 11) is 6.71. The number of para-hydroxylation sites is 2. The number of benzene rings is 2. The largest absolute Gasteiger partial charge is 0.494 e. The summed E-state index contributed by atoms with van der Waals surface area (Å²) in [6.45, 7) is 5.97. The van der Waals surface area contributed by atoms with Gasteiger partial charge in [0.1, 0.15) is 22.7 Å². The number of anilines is 3. The van der Waals surface area contributed by atoms with Gasteiger partial charge in [-0.05, 0) is 39.0 Å². The molecule has 1 amide bonds. The number of nitrogens with zero attached hydrogens (tertiary/aromatic N) is 7. The van der Waals surface area contributed by atoms with Gasteiger partial charge in [0.25, 0.3) is 5.69 Å². The molecule has 0 atom stereocenters. The number of aromatic nitrogens is 4. The predicted molar refractivity (Wildman–Crippen MR) is 157 cm³/mol. The van der Waals surface area contributed by atoms with Crippen LogP contribution in [0.3, 0.4) is 0 Å². The number of hydrogen-bond acceptors (Lipinski definition) is 10. The lowest BCUT2D eigenvalue weighted by Crippen LogP contribution is -2.38. The lowest BCUT2D eigenvalue weighted by atomic mass is 10.2. The molecule has 4 aromatic rings. The molecule has 0 fully saturated rings. The Labute approximate surface area is 237 Å². The van der Waals surface area contributed by atoms with Crippen LogP contribution in [0.15, 0.2) is 48.7 Å². The first-order chi connectivity index (χ1) is 19.4. The van der Waals surface area contributed by atoms with Gasteiger partial charge in [-0.15, -0.1) is 0 Å². The molecule has 13 nitrogen and oxygen atoms in total. The van der Waals surface area contributed by atoms with E-state index < -0.39 is 16.6 Å². The van der Waals surface area contributed by atoms with E-state index in [1.807, 2.05) is 35.9 Å². The van der Waals surface area contributed by atoms with E-state index >= 15 is 0 Å². The molecule has 2 aromatic carbocycles. The maximum absolute atomic E-state index is 12.3. The lowest BCUT2D eigenvalue weighted by molar-refractivity contribution is -0.384. The topological polar surface area (TPSA) is 141 Å². The molecule has 0 aliphatic rings. The molecule has 2 heterocycles. The molecule has 0 saturated heterocycles. The molecule has 13 heteroatoms. The highest BCUT2D eigenvalue weighted by molar-refractivity contribution is 5.80. The molecule has 0 aliphatic heterocycles. The number of nitrogens with one attached hydrogen (secondary N) is 1. The first kappa shape index (κ1) is 29.1. The molecule has 0 radical (unpaired) electrons. The second kappa shape index (κ2) is 11.7. The third kappa shape index (κ3) is 6.62. The molecular formula is C28H34N8O5. The summed E-state index contributed by atoms with van der Waals surface area (Å²) in [6, 6.07) is 12.5. The summed E-state index contributed by atoms with van der Waals surface area (Å²) in [5.74, 6) is 1.24. The summed E-state index contributed by atoms with van der Waals surface area (Å²) in [6.07, 6.45) is 1.12. The summed E-state index contributed by atoms with van der Waals surface area (Å²) < 4.78 is 12.9. The van der Waals surface area contributed by atoms with Gasteiger partial charge < -0.3 is 29.2 Å². The number of imidazole rings is 1. The van der Waals surface area contributed by atoms with Crippen LogP contribution in [0.2, 0.25) is 0 Å². The predicted octanol–water partition coefficient (Wildman–Crippen LogP) is 4.99. The van der Waals surface area contributed by atoms with Crippen molar-refractivity contribution >= 4 is 40.1 Å². The van der Waals surface area contributed by atoms with Crippen LogP contribution in [0.4, 0.5) is 27.8 Å². The monoisotopic (exact) mass is 562 g/mol. The third-order valence-corrected chi connectivity index (χ3v) is 6.30. The number of nitro groups is 1. The zero-order valence-electron chi connectivity index (χ0n) is 24.2. The Balaban J connectivity index is 1.58. The highest BCUT2D eigenvalue weighted by Crippen LogP contribution is 2.39. The number of aryl methyl sites for hydroxylation is 1. The smallest absolute Gasteiger partial charge is 0.410 e. The van der Waals surface area contributed by atoms with Gasteiger partial charge in [0.2, 0.25) is 5.95 Å². The first-order valence-electron chi connectivity index (χ1n) is 12.9. The molecular weight excluding hydrogens is 528 g/mol. The van der Waals surface area contributed by atoms with E-state index in [0.717, 1.165) is 11.0 Å². The maximum atomic E-state index is 12.3. The number of carbonyl (C=O) groups excluding carboxylic acids is 1. The van der Waals surface area contributed by atoms with E-state index in [2.05, 4.69) is 20.3 Å². The highest BCUT2D eigenvalue weighted by Gasteiger charge is 2.24. The van der Waals surface area contributed by atoms with Crippen molar-refractivity contribution in [1.82, 2.24) is 24.4 Å². The highest BCUT2D eigenvalue weighted by atomic mass is 16.6. The zero-order valence-corrected chi connectivity index (χ0v) is 24.2. The Bertz CT molecular complexity index is 1580. The van der Waals surface area contributed by atoms with E-state index in [-0.39, 0.29) is 18.2 Å². The van der Waals surface area contributed by atoms with Crippen LogP contribution in [0.25, 0.3) is 22.6 Å². The Hall–Kier alpha value is -4.94. The summed E-state index contributed by atoms with van der Waals surface area (Å²) >= 11 is 0. The quantitative estimate of drug-likeness (QED) is 0.219. The van der Waals surface area contributed by atoms with Gasteiger partial charge in [0, 0.05) is 52.6 Å². The molecule has 4 rings (SSSR count). The summed E-state index contributed by atoms with van der Waals surface area (Å²) in [5, 5.41) is 15.1. The molecule has 41 heavy (non-hydrogen) atoms. The van der Waals surface area contributed by atoms with E-state index in [1.54, 1.807) is 58.1 Å². The van der Waals surface area contributed by atoms with Crippen molar-refractivity contribution in [3.63, 3.8) is 0 Å². The minimum absolute atomic E-state index is 0.151. The van der Waals surface area contributed by atoms with Crippen molar-refractivity contribution in [3.8, 4) is 17.3 Å². The number of likely N-dealkylation sites (N-methyl/N-ethyl adjacent to an activating group) is 2. The zero-order chi connectivity index (χ0) is 29.9. The van der Waals surface area contributed by atoms with Gasteiger partial charge in [-0.25, -0.2) is 19.7 Å². The molecule has 0 aliphatic carbocycles. The molecule has 216 valence electrons. The van der Waals surface area contributed by atoms with E-state index in [4.69, 9.17) is 9.47 Å². The van der Waals surface area contributed by atoms with Crippen LogP contribution in [0, 0.1) is 10.1 Å². The van der Waals surface area contributed by atoms with Crippen LogP contribution in [-0.2, 0) is 11.8 Å². The van der Waals surface area contributed by atoms with Gasteiger partial charge in [0.15, 0.2) is 5.82 Å². The number of methoxy groups -OCH3 is 1. The fraction of sp³-hybridized carbons (Fsp3) is 0.357. The normalized spacial score (nSPS) is 11.3. The van der Waals surface area contributed by atoms with Crippen molar-refractivity contribution in [2.75, 3.05) is 44.5 Å². The van der Waals surface area contributed by atoms with Crippen LogP contribution in [0.5, 0.6) is 5.75 Å². The fourth-order valence-electron chi connectivity index (χ4n) is 4.17. The number of carbonyl (C=O) groups is 1. The average Bonchev–Trinajstić information content (AvgIpc) is 3.26. The van der Waals surface area contributed by atoms with Crippen molar-refractivity contribution in [3.05, 3.63) is 58.8 Å². The summed E-state index contributed by atoms with van der Waals surface area (Å²) in [4.78, 5) is 40.6. The standard InChI is InChI=1S/C28H34N8O5/c1-28(2,3)41-27(37)34(5)15-14-33(4)22-17-24(40-7)20(16-23(22)36(38)39)32-26-29-13-12-19(31-26)25-30-18-10-8-9-11-21(18)35(25)6/h8-13,16-17H,14-15H2,1-7H3,(H,29,31,32). The SMILES string of the molecule is COc1cc(N(C)CCN(C)C(=O)OC(C)(C)C)c([N+](=O)[O-])cc1Nc1nccc(-c2nc3ccccc3n2C)n1. The number of fused-ring (bicyclic) bond motifs is 1. The second-order valence-corrected chi connectivity index (χ2v) is 10.5. The Kier molecular flexibility index (Phi) is 8.26. The molecule has 0 spiro atoms. The van der Waals surface area contributed by atoms with Gasteiger partial charge in [-0.1, -0.05) is 12.1 Å². The van der Waals surface area contributed by atoms with Crippen molar-refractivity contribution in [1.29, 1.82) is 0 Å². The van der Waals surface area contributed by atoms with Gasteiger partial charge in [-0.2, -0.15) is 0 Å². The third-order valence-electron chi connectivity index (χ3n) is 6.30. The molecule has 2 aromatic heterocycles. The van der Waals surface area contributed by atoms with Crippen LogP contribution in [-0.4, -0.2) is 75.3 Å². The number of rotatable bonds is 9. The summed E-state index contributed by atoms with van der Waals surface area (Å²) in [5.41, 5.74) is 2.26. The minimum Gasteiger partial charge on any atom is -0.494 e. The maximum Gasteiger partial charge on any atom is 0.410 e. The Morgan fingerprint density at radius 3 is 2.51 bits per heavy atom. The van der Waals surface area contributed by atoms with Gasteiger partial charge in [0.05, 0.1) is 28.8 Å². The van der Waals surface area contributed by atoms with Crippen molar-refractivity contribution in [2.45, 2.75) is 26.4 Å². The Morgan fingerprint density at radius 2 is 1.85 bits per heavy atom. The van der Waals surface area contributed by atoms with Gasteiger partial charge in [-0.3, -0.25) is 10.1 Å². The lowest BCUT2D eigenvalue weighted by Gasteiger charge is -2.27. The van der Waals surface area contributed by atoms with Gasteiger partial charge >= 0.3 is 6.09 Å². The van der Waals surface area contributed by atoms with E-state index in [0.29, 0.717) is 35.2 Å². The number of nitro benzene ring substituents is 1. The average molecular weight is 563 g/mol. The second-order valence-electron chi connectivity index (χ2n) is 10.5. The number of amides is 1. The Morgan fingerprint density at radius 1 is 1.12 bits per heavy atom. The van der Waals surface area contributed by atoms with Crippen molar-refractivity contribution in [2.24, 2.45) is 7.05 Å². The molecule has 1 N–H and O–H groups in total. The van der Waals surface area contributed by atoms with Crippen molar-refractivity contribution < 1.29 is 19.2 Å². The number of ether oxygens (including phenoxy) is 2. The fourth-order valence-corrected chi connectivity index (χ4v) is 4.17. The van der Waals surface area contributed by atoms with Crippen LogP contribution >= 0.6 is 0 Å². The molecule has 0 bridgehead atoms. The van der Waals surface area contributed by atoms with E-state index in [9.17, 15) is 14.9 Å². The molecule has 0 unspecified atom stereocenters. The van der Waals surface area contributed by atoms with Crippen LogP contribution in [0.1, 0.15) is 20.8 Å². The molecule has 0 saturated carbocycles. The first-order valence-corrected chi connectivity index (χ1v) is 12.9. The van der Waals surface area contributed by atoms with Crippen LogP contribution < -0.4 is 15.0 Å². The minimum atomic E-state index is -0.624.